The van der Waals surface area contributed by atoms with Gasteiger partial charge in [0, 0.05) is 18.3 Å². The van der Waals surface area contributed by atoms with Gasteiger partial charge in [0.1, 0.15) is 11.5 Å². The summed E-state index contributed by atoms with van der Waals surface area (Å²) in [5.74, 6) is 2.01. The maximum atomic E-state index is 10.2. The van der Waals surface area contributed by atoms with Crippen LogP contribution in [0.15, 0.2) is 16.5 Å². The second-order valence-electron chi connectivity index (χ2n) is 4.00. The van der Waals surface area contributed by atoms with E-state index in [1.54, 1.807) is 0 Å². The summed E-state index contributed by atoms with van der Waals surface area (Å²) in [6, 6.07) is 3.82. The SMILES string of the molecule is C[C@@H]1C[C@H]1c1ccc(CCC(=O)[O-])o1. The van der Waals surface area contributed by atoms with Gasteiger partial charge in [-0.1, -0.05) is 6.92 Å². The maximum absolute atomic E-state index is 10.2. The van der Waals surface area contributed by atoms with Crippen LogP contribution in [0.3, 0.4) is 0 Å². The monoisotopic (exact) mass is 193 g/mol. The van der Waals surface area contributed by atoms with Crippen LogP contribution in [0.4, 0.5) is 0 Å². The van der Waals surface area contributed by atoms with Crippen LogP contribution in [0.5, 0.6) is 0 Å². The average molecular weight is 193 g/mol. The molecular weight excluding hydrogens is 180 g/mol. The third-order valence-corrected chi connectivity index (χ3v) is 2.73. The fourth-order valence-electron chi connectivity index (χ4n) is 1.67. The Morgan fingerprint density at radius 1 is 1.64 bits per heavy atom. The zero-order valence-electron chi connectivity index (χ0n) is 8.16. The van der Waals surface area contributed by atoms with Crippen LogP contribution in [0.2, 0.25) is 0 Å². The summed E-state index contributed by atoms with van der Waals surface area (Å²) in [6.45, 7) is 2.19. The molecule has 0 amide bonds. The lowest BCUT2D eigenvalue weighted by Crippen LogP contribution is -2.22. The Labute approximate surface area is 82.7 Å². The highest BCUT2D eigenvalue weighted by molar-refractivity contribution is 5.64. The molecular formula is C11H13O3-. The zero-order chi connectivity index (χ0) is 10.1. The van der Waals surface area contributed by atoms with Crippen molar-refractivity contribution in [2.45, 2.75) is 32.1 Å². The molecule has 0 aromatic carbocycles. The number of carboxylic acids is 1. The Kier molecular flexibility index (Phi) is 2.32. The summed E-state index contributed by atoms with van der Waals surface area (Å²) in [5, 5.41) is 10.2. The zero-order valence-corrected chi connectivity index (χ0v) is 8.16. The van der Waals surface area contributed by atoms with Crippen molar-refractivity contribution in [2.24, 2.45) is 5.92 Å². The molecule has 0 aliphatic heterocycles. The smallest absolute Gasteiger partial charge is 0.107 e. The van der Waals surface area contributed by atoms with E-state index in [9.17, 15) is 9.90 Å². The second kappa shape index (κ2) is 3.48. The lowest BCUT2D eigenvalue weighted by molar-refractivity contribution is -0.305. The lowest BCUT2D eigenvalue weighted by atomic mass is 10.2. The van der Waals surface area contributed by atoms with Gasteiger partial charge in [-0.25, -0.2) is 0 Å². The summed E-state index contributed by atoms with van der Waals surface area (Å²) in [5.41, 5.74) is 0. The first kappa shape index (κ1) is 9.31. The molecule has 0 N–H and O–H groups in total. The fraction of sp³-hybridized carbons (Fsp3) is 0.545. The van der Waals surface area contributed by atoms with Crippen LogP contribution in [-0.4, -0.2) is 5.97 Å². The Bertz CT molecular complexity index is 340. The maximum Gasteiger partial charge on any atom is 0.107 e. The fourth-order valence-corrected chi connectivity index (χ4v) is 1.67. The summed E-state index contributed by atoms with van der Waals surface area (Å²) < 4.78 is 5.54. The number of hydrogen-bond donors (Lipinski definition) is 0. The van der Waals surface area contributed by atoms with Gasteiger partial charge in [-0.15, -0.1) is 0 Å². The highest BCUT2D eigenvalue weighted by Gasteiger charge is 2.36. The third-order valence-electron chi connectivity index (χ3n) is 2.73. The van der Waals surface area contributed by atoms with Crippen molar-refractivity contribution >= 4 is 5.97 Å². The van der Waals surface area contributed by atoms with Crippen molar-refractivity contribution in [3.05, 3.63) is 23.7 Å². The molecule has 3 heteroatoms. The Balaban J connectivity index is 1.93. The minimum absolute atomic E-state index is 0.0349. The van der Waals surface area contributed by atoms with Crippen molar-refractivity contribution in [3.63, 3.8) is 0 Å². The van der Waals surface area contributed by atoms with Gasteiger partial charge in [-0.3, -0.25) is 0 Å². The normalized spacial score (nSPS) is 24.9. The van der Waals surface area contributed by atoms with Crippen molar-refractivity contribution in [2.75, 3.05) is 0 Å². The molecule has 76 valence electrons. The molecule has 2 rings (SSSR count). The molecule has 0 bridgehead atoms. The van der Waals surface area contributed by atoms with E-state index in [0.717, 1.165) is 17.4 Å². The first-order chi connectivity index (χ1) is 6.66. The van der Waals surface area contributed by atoms with E-state index < -0.39 is 5.97 Å². The number of rotatable bonds is 4. The van der Waals surface area contributed by atoms with E-state index >= 15 is 0 Å². The predicted octanol–water partition coefficient (Wildman–Crippen LogP) is 1.09. The number of carbonyl (C=O) groups excluding carboxylic acids is 1. The van der Waals surface area contributed by atoms with Crippen LogP contribution in [-0.2, 0) is 11.2 Å². The van der Waals surface area contributed by atoms with Gasteiger partial charge < -0.3 is 14.3 Å². The number of hydrogen-bond acceptors (Lipinski definition) is 3. The van der Waals surface area contributed by atoms with Gasteiger partial charge in [0.25, 0.3) is 0 Å². The molecule has 1 fully saturated rings. The minimum atomic E-state index is -1.03. The molecule has 3 nitrogen and oxygen atoms in total. The van der Waals surface area contributed by atoms with Crippen LogP contribution in [0.25, 0.3) is 0 Å². The Morgan fingerprint density at radius 2 is 2.36 bits per heavy atom. The van der Waals surface area contributed by atoms with Crippen molar-refractivity contribution in [3.8, 4) is 0 Å². The van der Waals surface area contributed by atoms with E-state index in [2.05, 4.69) is 6.92 Å². The van der Waals surface area contributed by atoms with Gasteiger partial charge in [0.15, 0.2) is 0 Å². The molecule has 0 saturated heterocycles. The van der Waals surface area contributed by atoms with Gasteiger partial charge in [-0.2, -0.15) is 0 Å². The number of carboxylic acid groups (broad SMARTS) is 1. The molecule has 1 aliphatic carbocycles. The molecule has 0 spiro atoms. The Morgan fingerprint density at radius 3 is 2.93 bits per heavy atom. The summed E-state index contributed by atoms with van der Waals surface area (Å²) in [7, 11) is 0. The molecule has 1 aromatic heterocycles. The van der Waals surface area contributed by atoms with Gasteiger partial charge in [0.2, 0.25) is 0 Å². The predicted molar refractivity (Wildman–Crippen MR) is 48.6 cm³/mol. The molecule has 1 aliphatic rings. The molecule has 1 aromatic rings. The molecule has 1 heterocycles. The van der Waals surface area contributed by atoms with E-state index in [0.29, 0.717) is 12.3 Å². The van der Waals surface area contributed by atoms with Crippen molar-refractivity contribution in [1.29, 1.82) is 0 Å². The highest BCUT2D eigenvalue weighted by atomic mass is 16.4. The topological polar surface area (TPSA) is 53.3 Å². The highest BCUT2D eigenvalue weighted by Crippen LogP contribution is 2.47. The van der Waals surface area contributed by atoms with Gasteiger partial charge >= 0.3 is 0 Å². The first-order valence-electron chi connectivity index (χ1n) is 4.95. The number of furan rings is 1. The van der Waals surface area contributed by atoms with Crippen molar-refractivity contribution in [1.82, 2.24) is 0 Å². The average Bonchev–Trinajstić information content (AvgIpc) is 2.68. The van der Waals surface area contributed by atoms with Crippen molar-refractivity contribution < 1.29 is 14.3 Å². The minimum Gasteiger partial charge on any atom is -0.550 e. The van der Waals surface area contributed by atoms with E-state index in [4.69, 9.17) is 4.42 Å². The first-order valence-corrected chi connectivity index (χ1v) is 4.95. The standard InChI is InChI=1S/C11H14O3/c1-7-6-9(7)10-4-2-8(14-10)3-5-11(12)13/h2,4,7,9H,3,5-6H2,1H3,(H,12,13)/p-1/t7-,9-/m1/s1. The van der Waals surface area contributed by atoms with Crippen LogP contribution < -0.4 is 5.11 Å². The summed E-state index contributed by atoms with van der Waals surface area (Å²) in [4.78, 5) is 10.2. The number of aliphatic carboxylic acids is 1. The van der Waals surface area contributed by atoms with Gasteiger partial charge in [-0.05, 0) is 30.9 Å². The largest absolute Gasteiger partial charge is 0.550 e. The molecule has 0 radical (unpaired) electrons. The van der Waals surface area contributed by atoms with E-state index in [-0.39, 0.29) is 6.42 Å². The van der Waals surface area contributed by atoms with E-state index in [1.165, 1.54) is 6.42 Å². The lowest BCUT2D eigenvalue weighted by Gasteiger charge is -1.98. The quantitative estimate of drug-likeness (QED) is 0.719. The van der Waals surface area contributed by atoms with Gasteiger partial charge in [0.05, 0.1) is 0 Å². The van der Waals surface area contributed by atoms with Crippen LogP contribution in [0.1, 0.15) is 37.2 Å². The Hall–Kier alpha value is -1.25. The second-order valence-corrected chi connectivity index (χ2v) is 4.00. The van der Waals surface area contributed by atoms with E-state index in [1.807, 2.05) is 12.1 Å². The third kappa shape index (κ3) is 1.97. The number of carbonyl (C=O) groups is 1. The molecule has 14 heavy (non-hydrogen) atoms. The molecule has 2 atom stereocenters. The summed E-state index contributed by atoms with van der Waals surface area (Å²) in [6.07, 6.45) is 1.66. The molecule has 0 unspecified atom stereocenters. The molecule has 1 saturated carbocycles. The van der Waals surface area contributed by atoms with Crippen LogP contribution in [0, 0.1) is 5.92 Å². The van der Waals surface area contributed by atoms with Crippen LogP contribution >= 0.6 is 0 Å². The summed E-state index contributed by atoms with van der Waals surface area (Å²) >= 11 is 0. The number of aryl methyl sites for hydroxylation is 1.